The van der Waals surface area contributed by atoms with Crippen molar-refractivity contribution < 1.29 is 4.79 Å². The number of rotatable bonds is 5. The third kappa shape index (κ3) is 4.16. The molecule has 1 rings (SSSR count). The van der Waals surface area contributed by atoms with Gasteiger partial charge in [-0.25, -0.2) is 0 Å². The summed E-state index contributed by atoms with van der Waals surface area (Å²) in [6, 6.07) is 2.28. The van der Waals surface area contributed by atoms with E-state index in [1.807, 2.05) is 13.1 Å². The molecular formula is C12H17Br2NOS. The van der Waals surface area contributed by atoms with Crippen LogP contribution in [0, 0.1) is 5.92 Å². The van der Waals surface area contributed by atoms with Crippen LogP contribution in [0.3, 0.4) is 0 Å². The molecule has 5 heteroatoms. The lowest BCUT2D eigenvalue weighted by atomic mass is 10.0. The standard InChI is InChI=1S/C12H17Br2NOS/c1-7(2)8(3)15(4)6-10(16)9-5-11(13)17-12(9)14/h5,7-8H,6H2,1-4H3. The molecule has 0 aromatic carbocycles. The highest BCUT2D eigenvalue weighted by Gasteiger charge is 2.19. The van der Waals surface area contributed by atoms with Crippen molar-refractivity contribution in [3.63, 3.8) is 0 Å². The predicted molar refractivity (Wildman–Crippen MR) is 81.0 cm³/mol. The Balaban J connectivity index is 2.70. The van der Waals surface area contributed by atoms with Crippen LogP contribution in [0.25, 0.3) is 0 Å². The Kier molecular flexibility index (Phi) is 5.83. The number of ketones is 1. The van der Waals surface area contributed by atoms with Gasteiger partial charge < -0.3 is 0 Å². The zero-order valence-corrected chi connectivity index (χ0v) is 14.4. The van der Waals surface area contributed by atoms with E-state index in [1.165, 1.54) is 11.3 Å². The van der Waals surface area contributed by atoms with E-state index in [-0.39, 0.29) is 5.78 Å². The van der Waals surface area contributed by atoms with Crippen LogP contribution >= 0.6 is 43.2 Å². The van der Waals surface area contributed by atoms with Crippen molar-refractivity contribution in [2.24, 2.45) is 5.92 Å². The predicted octanol–water partition coefficient (Wildman–Crippen LogP) is 4.43. The molecule has 1 aromatic heterocycles. The summed E-state index contributed by atoms with van der Waals surface area (Å²) in [4.78, 5) is 14.2. The van der Waals surface area contributed by atoms with Gasteiger partial charge in [0.25, 0.3) is 0 Å². The quantitative estimate of drug-likeness (QED) is 0.702. The Labute approximate surface area is 124 Å². The van der Waals surface area contributed by atoms with Gasteiger partial charge in [-0.15, -0.1) is 11.3 Å². The highest BCUT2D eigenvalue weighted by Crippen LogP contribution is 2.32. The molecule has 0 saturated carbocycles. The van der Waals surface area contributed by atoms with Crippen LogP contribution in [0.4, 0.5) is 0 Å². The van der Waals surface area contributed by atoms with Crippen molar-refractivity contribution in [1.82, 2.24) is 4.90 Å². The lowest BCUT2D eigenvalue weighted by Crippen LogP contribution is -2.37. The van der Waals surface area contributed by atoms with E-state index in [0.29, 0.717) is 18.5 Å². The van der Waals surface area contributed by atoms with Crippen molar-refractivity contribution in [2.45, 2.75) is 26.8 Å². The first kappa shape index (κ1) is 15.3. The van der Waals surface area contributed by atoms with E-state index in [4.69, 9.17) is 0 Å². The molecule has 0 N–H and O–H groups in total. The second kappa shape index (κ2) is 6.45. The molecule has 1 heterocycles. The van der Waals surface area contributed by atoms with Crippen LogP contribution in [-0.2, 0) is 0 Å². The fourth-order valence-electron chi connectivity index (χ4n) is 1.50. The molecule has 17 heavy (non-hydrogen) atoms. The monoisotopic (exact) mass is 381 g/mol. The number of thiophene rings is 1. The number of Topliss-reactive ketones (excluding diaryl/α,β-unsaturated/α-hetero) is 1. The smallest absolute Gasteiger partial charge is 0.178 e. The third-order valence-corrected chi connectivity index (χ3v) is 5.35. The van der Waals surface area contributed by atoms with Crippen molar-refractivity contribution in [3.05, 3.63) is 19.2 Å². The first-order valence-corrected chi connectivity index (χ1v) is 7.91. The SMILES string of the molecule is CC(C)C(C)N(C)CC(=O)c1cc(Br)sc1Br. The van der Waals surface area contributed by atoms with Gasteiger partial charge in [0.05, 0.1) is 14.1 Å². The van der Waals surface area contributed by atoms with E-state index >= 15 is 0 Å². The minimum atomic E-state index is 0.161. The number of hydrogen-bond acceptors (Lipinski definition) is 3. The van der Waals surface area contributed by atoms with Crippen LogP contribution in [-0.4, -0.2) is 30.3 Å². The molecule has 96 valence electrons. The normalized spacial score (nSPS) is 13.4. The molecule has 0 fully saturated rings. The summed E-state index contributed by atoms with van der Waals surface area (Å²) in [6.45, 7) is 6.95. The fraction of sp³-hybridized carbons (Fsp3) is 0.583. The summed E-state index contributed by atoms with van der Waals surface area (Å²) in [7, 11) is 2.00. The number of carbonyl (C=O) groups is 1. The number of hydrogen-bond donors (Lipinski definition) is 0. The van der Waals surface area contributed by atoms with Gasteiger partial charge in [-0.05, 0) is 57.8 Å². The van der Waals surface area contributed by atoms with E-state index < -0.39 is 0 Å². The molecule has 0 bridgehead atoms. The van der Waals surface area contributed by atoms with Crippen molar-refractivity contribution in [1.29, 1.82) is 0 Å². The van der Waals surface area contributed by atoms with E-state index in [2.05, 4.69) is 57.5 Å². The molecule has 0 aliphatic carbocycles. The Bertz CT molecular complexity index is 403. The highest BCUT2D eigenvalue weighted by atomic mass is 79.9. The maximum absolute atomic E-state index is 12.1. The van der Waals surface area contributed by atoms with E-state index in [1.54, 1.807) is 0 Å². The van der Waals surface area contributed by atoms with Crippen LogP contribution in [0.15, 0.2) is 13.6 Å². The summed E-state index contributed by atoms with van der Waals surface area (Å²) in [5, 5.41) is 0. The Hall–Kier alpha value is 0.290. The largest absolute Gasteiger partial charge is 0.296 e. The maximum Gasteiger partial charge on any atom is 0.178 e. The van der Waals surface area contributed by atoms with Crippen molar-refractivity contribution in [2.75, 3.05) is 13.6 Å². The molecule has 1 unspecified atom stereocenters. The average molecular weight is 383 g/mol. The molecule has 2 nitrogen and oxygen atoms in total. The molecule has 0 aliphatic heterocycles. The number of likely N-dealkylation sites (N-methyl/N-ethyl adjacent to an activating group) is 1. The second-order valence-electron chi connectivity index (χ2n) is 4.56. The van der Waals surface area contributed by atoms with Crippen LogP contribution in [0.5, 0.6) is 0 Å². The number of nitrogens with zero attached hydrogens (tertiary/aromatic N) is 1. The summed E-state index contributed by atoms with van der Waals surface area (Å²) in [6.07, 6.45) is 0. The van der Waals surface area contributed by atoms with Gasteiger partial charge in [-0.1, -0.05) is 13.8 Å². The Morgan fingerprint density at radius 3 is 2.41 bits per heavy atom. The minimum absolute atomic E-state index is 0.161. The maximum atomic E-state index is 12.1. The van der Waals surface area contributed by atoms with Crippen LogP contribution < -0.4 is 0 Å². The molecule has 0 aliphatic rings. The van der Waals surface area contributed by atoms with Crippen molar-refractivity contribution >= 4 is 49.0 Å². The fourth-order valence-corrected chi connectivity index (χ4v) is 4.35. The van der Waals surface area contributed by atoms with Gasteiger partial charge in [0.2, 0.25) is 0 Å². The Morgan fingerprint density at radius 2 is 2.00 bits per heavy atom. The molecule has 1 aromatic rings. The molecular weight excluding hydrogens is 366 g/mol. The van der Waals surface area contributed by atoms with Gasteiger partial charge >= 0.3 is 0 Å². The van der Waals surface area contributed by atoms with Gasteiger partial charge in [0.15, 0.2) is 5.78 Å². The zero-order chi connectivity index (χ0) is 13.2. The van der Waals surface area contributed by atoms with E-state index in [9.17, 15) is 4.79 Å². The van der Waals surface area contributed by atoms with Crippen molar-refractivity contribution in [3.8, 4) is 0 Å². The first-order chi connectivity index (χ1) is 7.82. The topological polar surface area (TPSA) is 20.3 Å². The average Bonchev–Trinajstić information content (AvgIpc) is 2.56. The van der Waals surface area contributed by atoms with E-state index in [0.717, 1.165) is 13.1 Å². The highest BCUT2D eigenvalue weighted by molar-refractivity contribution is 9.12. The molecule has 0 spiro atoms. The molecule has 1 atom stereocenters. The van der Waals surface area contributed by atoms with Gasteiger partial charge in [-0.2, -0.15) is 0 Å². The van der Waals surface area contributed by atoms with Gasteiger partial charge in [0, 0.05) is 11.6 Å². The zero-order valence-electron chi connectivity index (χ0n) is 10.5. The number of halogens is 2. The van der Waals surface area contributed by atoms with Crippen LogP contribution in [0.1, 0.15) is 31.1 Å². The Morgan fingerprint density at radius 1 is 1.41 bits per heavy atom. The molecule has 0 saturated heterocycles. The van der Waals surface area contributed by atoms with Gasteiger partial charge in [0.1, 0.15) is 0 Å². The minimum Gasteiger partial charge on any atom is -0.296 e. The second-order valence-corrected chi connectivity index (χ2v) is 8.31. The summed E-state index contributed by atoms with van der Waals surface area (Å²) < 4.78 is 1.88. The third-order valence-electron chi connectivity index (χ3n) is 3.01. The lowest BCUT2D eigenvalue weighted by molar-refractivity contribution is 0.0906. The first-order valence-electron chi connectivity index (χ1n) is 5.51. The van der Waals surface area contributed by atoms with Gasteiger partial charge in [-0.3, -0.25) is 9.69 Å². The summed E-state index contributed by atoms with van der Waals surface area (Å²) in [5.41, 5.74) is 0.768. The summed E-state index contributed by atoms with van der Waals surface area (Å²) >= 11 is 8.35. The molecule has 0 radical (unpaired) electrons. The number of carbonyl (C=O) groups excluding carboxylic acids is 1. The van der Waals surface area contributed by atoms with Crippen LogP contribution in [0.2, 0.25) is 0 Å². The lowest BCUT2D eigenvalue weighted by Gasteiger charge is -2.27. The summed E-state index contributed by atoms with van der Waals surface area (Å²) in [5.74, 6) is 0.708. The molecule has 0 amide bonds.